The lowest BCUT2D eigenvalue weighted by atomic mass is 9.81. The van der Waals surface area contributed by atoms with Gasteiger partial charge >= 0.3 is 0 Å². The molecule has 5 heteroatoms. The largest absolute Gasteiger partial charge is 0.301 e. The van der Waals surface area contributed by atoms with Crippen molar-refractivity contribution in [2.45, 2.75) is 50.5 Å². The lowest BCUT2D eigenvalue weighted by molar-refractivity contribution is 0.0352. The van der Waals surface area contributed by atoms with Crippen LogP contribution in [0.5, 0.6) is 0 Å². The van der Waals surface area contributed by atoms with E-state index in [-0.39, 0.29) is 5.54 Å². The summed E-state index contributed by atoms with van der Waals surface area (Å²) in [6.45, 7) is 4.06. The maximum atomic E-state index is 12.1. The number of sulfonamides is 1. The minimum absolute atomic E-state index is 0.0844. The zero-order valence-corrected chi connectivity index (χ0v) is 12.8. The predicted octanol–water partition coefficient (Wildman–Crippen LogP) is 1.68. The second-order valence-corrected chi connectivity index (χ2v) is 8.71. The van der Waals surface area contributed by atoms with E-state index in [4.69, 9.17) is 0 Å². The Kier molecular flexibility index (Phi) is 3.65. The van der Waals surface area contributed by atoms with Crippen LogP contribution in [0, 0.1) is 5.92 Å². The second kappa shape index (κ2) is 5.01. The Morgan fingerprint density at radius 1 is 1.11 bits per heavy atom. The standard InChI is InChI=1S/C14H26N2O2S/c1-19(17,18)16-10-3-2-7-14(16)8-4-9-15(12-14)11-13-5-6-13/h13H,2-12H2,1H3/t14-/m0/s1. The number of piperidine rings is 2. The Balaban J connectivity index is 1.77. The molecular formula is C14H26N2O2S. The minimum Gasteiger partial charge on any atom is -0.301 e. The van der Waals surface area contributed by atoms with Crippen LogP contribution < -0.4 is 0 Å². The smallest absolute Gasteiger partial charge is 0.211 e. The molecule has 2 aliphatic heterocycles. The van der Waals surface area contributed by atoms with Crippen LogP contribution in [0.25, 0.3) is 0 Å². The maximum Gasteiger partial charge on any atom is 0.211 e. The van der Waals surface area contributed by atoms with E-state index in [1.807, 2.05) is 4.31 Å². The normalized spacial score (nSPS) is 34.8. The zero-order valence-electron chi connectivity index (χ0n) is 12.0. The van der Waals surface area contributed by atoms with Gasteiger partial charge in [-0.2, -0.15) is 4.31 Å². The van der Waals surface area contributed by atoms with Crippen molar-refractivity contribution in [2.75, 3.05) is 32.4 Å². The average molecular weight is 286 g/mol. The van der Waals surface area contributed by atoms with Gasteiger partial charge in [0.15, 0.2) is 0 Å². The van der Waals surface area contributed by atoms with Crippen LogP contribution >= 0.6 is 0 Å². The first-order valence-corrected chi connectivity index (χ1v) is 9.55. The third kappa shape index (κ3) is 2.98. The lowest BCUT2D eigenvalue weighted by Crippen LogP contribution is -2.62. The third-order valence-electron chi connectivity index (χ3n) is 5.03. The predicted molar refractivity (Wildman–Crippen MR) is 76.5 cm³/mol. The fourth-order valence-electron chi connectivity index (χ4n) is 4.02. The summed E-state index contributed by atoms with van der Waals surface area (Å²) in [4.78, 5) is 2.53. The molecule has 0 aromatic rings. The zero-order chi connectivity index (χ0) is 13.5. The molecule has 0 aromatic heterocycles. The number of hydrogen-bond donors (Lipinski definition) is 0. The van der Waals surface area contributed by atoms with Crippen LogP contribution in [0.3, 0.4) is 0 Å². The van der Waals surface area contributed by atoms with Crippen molar-refractivity contribution in [3.63, 3.8) is 0 Å². The Bertz CT molecular complexity index is 429. The number of rotatable bonds is 3. The third-order valence-corrected chi connectivity index (χ3v) is 6.40. The highest BCUT2D eigenvalue weighted by molar-refractivity contribution is 7.88. The molecule has 3 aliphatic rings. The lowest BCUT2D eigenvalue weighted by Gasteiger charge is -2.51. The van der Waals surface area contributed by atoms with Gasteiger partial charge in [0.25, 0.3) is 0 Å². The molecule has 3 fully saturated rings. The SMILES string of the molecule is CS(=O)(=O)N1CCCC[C@@]12CCCN(CC1CC1)C2. The van der Waals surface area contributed by atoms with E-state index < -0.39 is 10.0 Å². The monoisotopic (exact) mass is 286 g/mol. The van der Waals surface area contributed by atoms with Crippen LogP contribution in [-0.2, 0) is 10.0 Å². The van der Waals surface area contributed by atoms with E-state index in [1.165, 1.54) is 32.1 Å². The Morgan fingerprint density at radius 3 is 2.53 bits per heavy atom. The van der Waals surface area contributed by atoms with E-state index in [0.717, 1.165) is 51.2 Å². The molecule has 1 atom stereocenters. The van der Waals surface area contributed by atoms with Gasteiger partial charge in [-0.3, -0.25) is 0 Å². The fraction of sp³-hybridized carbons (Fsp3) is 1.00. The fourth-order valence-corrected chi connectivity index (χ4v) is 5.43. The molecule has 0 N–H and O–H groups in total. The van der Waals surface area contributed by atoms with Crippen molar-refractivity contribution < 1.29 is 8.42 Å². The summed E-state index contributed by atoms with van der Waals surface area (Å²) in [5.74, 6) is 0.894. The topological polar surface area (TPSA) is 40.6 Å². The molecular weight excluding hydrogens is 260 g/mol. The first kappa shape index (κ1) is 13.8. The van der Waals surface area contributed by atoms with Crippen molar-refractivity contribution in [1.82, 2.24) is 9.21 Å². The van der Waals surface area contributed by atoms with E-state index >= 15 is 0 Å². The average Bonchev–Trinajstić information content (AvgIpc) is 3.12. The molecule has 110 valence electrons. The highest BCUT2D eigenvalue weighted by Crippen LogP contribution is 2.39. The van der Waals surface area contributed by atoms with Crippen LogP contribution in [0.1, 0.15) is 44.9 Å². The molecule has 4 nitrogen and oxygen atoms in total. The van der Waals surface area contributed by atoms with Gasteiger partial charge in [-0.15, -0.1) is 0 Å². The van der Waals surface area contributed by atoms with E-state index in [0.29, 0.717) is 0 Å². The van der Waals surface area contributed by atoms with Gasteiger partial charge in [-0.05, 0) is 51.0 Å². The van der Waals surface area contributed by atoms with Crippen molar-refractivity contribution in [3.8, 4) is 0 Å². The van der Waals surface area contributed by atoms with Crippen molar-refractivity contribution >= 4 is 10.0 Å². The van der Waals surface area contributed by atoms with Crippen LogP contribution in [-0.4, -0.2) is 55.6 Å². The molecule has 3 rings (SSSR count). The van der Waals surface area contributed by atoms with Crippen LogP contribution in [0.2, 0.25) is 0 Å². The van der Waals surface area contributed by atoms with Gasteiger partial charge in [0, 0.05) is 25.2 Å². The minimum atomic E-state index is -3.06. The Morgan fingerprint density at radius 2 is 1.84 bits per heavy atom. The molecule has 1 saturated carbocycles. The summed E-state index contributed by atoms with van der Waals surface area (Å²) in [5, 5.41) is 0. The number of hydrogen-bond acceptors (Lipinski definition) is 3. The van der Waals surface area contributed by atoms with Gasteiger partial charge in [0.1, 0.15) is 0 Å². The molecule has 0 unspecified atom stereocenters. The van der Waals surface area contributed by atoms with Gasteiger partial charge in [0.2, 0.25) is 10.0 Å². The summed E-state index contributed by atoms with van der Waals surface area (Å²) >= 11 is 0. The van der Waals surface area contributed by atoms with Crippen LogP contribution in [0.15, 0.2) is 0 Å². The maximum absolute atomic E-state index is 12.1. The van der Waals surface area contributed by atoms with E-state index in [2.05, 4.69) is 4.90 Å². The molecule has 2 heterocycles. The first-order valence-electron chi connectivity index (χ1n) is 7.70. The molecule has 0 bridgehead atoms. The first-order chi connectivity index (χ1) is 9.00. The van der Waals surface area contributed by atoms with Crippen molar-refractivity contribution in [2.24, 2.45) is 5.92 Å². The van der Waals surface area contributed by atoms with E-state index in [1.54, 1.807) is 0 Å². The summed E-state index contributed by atoms with van der Waals surface area (Å²) in [6, 6.07) is 0. The number of likely N-dealkylation sites (tertiary alicyclic amines) is 1. The van der Waals surface area contributed by atoms with Gasteiger partial charge in [-0.1, -0.05) is 6.42 Å². The number of nitrogens with zero attached hydrogens (tertiary/aromatic N) is 2. The second-order valence-electron chi connectivity index (χ2n) is 6.80. The van der Waals surface area contributed by atoms with Crippen LogP contribution in [0.4, 0.5) is 0 Å². The highest BCUT2D eigenvalue weighted by atomic mass is 32.2. The van der Waals surface area contributed by atoms with Gasteiger partial charge in [0.05, 0.1) is 6.26 Å². The molecule has 19 heavy (non-hydrogen) atoms. The highest BCUT2D eigenvalue weighted by Gasteiger charge is 2.46. The molecule has 0 aromatic carbocycles. The summed E-state index contributed by atoms with van der Waals surface area (Å²) in [5.41, 5.74) is -0.0844. The van der Waals surface area contributed by atoms with E-state index in [9.17, 15) is 8.42 Å². The van der Waals surface area contributed by atoms with Gasteiger partial charge < -0.3 is 4.90 Å². The summed E-state index contributed by atoms with van der Waals surface area (Å²) in [6.07, 6.45) is 9.61. The Labute approximate surface area is 117 Å². The van der Waals surface area contributed by atoms with Crippen molar-refractivity contribution in [3.05, 3.63) is 0 Å². The van der Waals surface area contributed by atoms with Crippen molar-refractivity contribution in [1.29, 1.82) is 0 Å². The summed E-state index contributed by atoms with van der Waals surface area (Å²) < 4.78 is 26.1. The summed E-state index contributed by atoms with van der Waals surface area (Å²) in [7, 11) is -3.06. The molecule has 1 aliphatic carbocycles. The molecule has 1 spiro atoms. The Hall–Kier alpha value is -0.130. The molecule has 2 saturated heterocycles. The molecule has 0 amide bonds. The quantitative estimate of drug-likeness (QED) is 0.792. The van der Waals surface area contributed by atoms with Gasteiger partial charge in [-0.25, -0.2) is 8.42 Å². The molecule has 0 radical (unpaired) electrons.